The molecule has 0 atom stereocenters. The third kappa shape index (κ3) is 9.72. The van der Waals surface area contributed by atoms with E-state index in [0.717, 1.165) is 30.1 Å². The van der Waals surface area contributed by atoms with Crippen LogP contribution in [0.15, 0.2) is 109 Å². The molecule has 0 heterocycles. The van der Waals surface area contributed by atoms with E-state index in [-0.39, 0.29) is 45.1 Å². The van der Waals surface area contributed by atoms with E-state index in [0.29, 0.717) is 5.41 Å². The summed E-state index contributed by atoms with van der Waals surface area (Å²) in [5.41, 5.74) is 12.2. The summed E-state index contributed by atoms with van der Waals surface area (Å²) in [6.45, 7) is 12.1. The molecule has 2 radical (unpaired) electrons. The van der Waals surface area contributed by atoms with Crippen LogP contribution in [0.25, 0.3) is 43.8 Å². The van der Waals surface area contributed by atoms with Gasteiger partial charge in [0.2, 0.25) is 0 Å². The predicted octanol–water partition coefficient (Wildman–Crippen LogP) is 15.8. The quantitative estimate of drug-likeness (QED) is 0.119. The van der Waals surface area contributed by atoms with Crippen LogP contribution in [0.4, 0.5) is 0 Å². The molecule has 302 valence electrons. The summed E-state index contributed by atoms with van der Waals surface area (Å²) in [6, 6.07) is 42.0. The Morgan fingerprint density at radius 3 is 1.61 bits per heavy atom. The molecule has 0 spiro atoms. The predicted molar refractivity (Wildman–Crippen MR) is 252 cm³/mol. The van der Waals surface area contributed by atoms with Crippen molar-refractivity contribution >= 4 is 53.2 Å². The van der Waals surface area contributed by atoms with Gasteiger partial charge in [-0.2, -0.15) is 12.1 Å². The summed E-state index contributed by atoms with van der Waals surface area (Å²) < 4.78 is 0. The van der Waals surface area contributed by atoms with Gasteiger partial charge >= 0.3 is 30.2 Å². The molecule has 6 aromatic rings. The normalized spacial score (nSPS) is 21.8. The van der Waals surface area contributed by atoms with Gasteiger partial charge < -0.3 is 14.9 Å². The molecule has 6 aromatic carbocycles. The van der Waals surface area contributed by atoms with Crippen LogP contribution < -0.4 is 0 Å². The number of fused-ring (bicyclic) bond motifs is 2. The molecule has 4 bridgehead atoms. The molecule has 0 aliphatic heterocycles. The van der Waals surface area contributed by atoms with Crippen molar-refractivity contribution in [2.24, 2.45) is 17.8 Å². The Labute approximate surface area is 375 Å². The van der Waals surface area contributed by atoms with Gasteiger partial charge in [0.15, 0.2) is 0 Å². The van der Waals surface area contributed by atoms with Crippen LogP contribution >= 0.6 is 24.8 Å². The molecule has 0 saturated heterocycles. The molecule has 57 heavy (non-hydrogen) atoms. The minimum absolute atomic E-state index is 0. The Kier molecular flexibility index (Phi) is 16.6. The number of halogens is 2. The van der Waals surface area contributed by atoms with Crippen LogP contribution in [-0.2, 0) is 40.6 Å². The van der Waals surface area contributed by atoms with Crippen LogP contribution in [0.2, 0.25) is 0 Å². The average molecular weight is 891 g/mol. The second kappa shape index (κ2) is 19.9. The summed E-state index contributed by atoms with van der Waals surface area (Å²) >= 11 is 1.36. The van der Waals surface area contributed by atoms with Crippen molar-refractivity contribution in [3.8, 4) is 22.3 Å². The minimum atomic E-state index is 0. The van der Waals surface area contributed by atoms with Crippen molar-refractivity contribution < 1.29 is 23.3 Å². The first-order valence-electron chi connectivity index (χ1n) is 20.6. The zero-order valence-corrected chi connectivity index (χ0v) is 40.4. The van der Waals surface area contributed by atoms with E-state index in [2.05, 4.69) is 144 Å². The topological polar surface area (TPSA) is 0 Å². The summed E-state index contributed by atoms with van der Waals surface area (Å²) in [5, 5.41) is 5.61. The molecule has 0 unspecified atom stereocenters. The number of aryl methyl sites for hydroxylation is 1. The van der Waals surface area contributed by atoms with Crippen LogP contribution in [0.1, 0.15) is 120 Å². The fraction of sp³-hybridized carbons (Fsp3) is 0.396. The van der Waals surface area contributed by atoms with Crippen molar-refractivity contribution in [1.29, 1.82) is 0 Å². The number of benzene rings is 4. The van der Waals surface area contributed by atoms with Crippen molar-refractivity contribution in [2.75, 3.05) is 0 Å². The second-order valence-corrected chi connectivity index (χ2v) is 18.2. The molecule has 11 rings (SSSR count). The van der Waals surface area contributed by atoms with Gasteiger partial charge in [-0.15, -0.1) is 93.9 Å². The number of hydrogen-bond acceptors (Lipinski definition) is 0. The Morgan fingerprint density at radius 1 is 0.649 bits per heavy atom. The number of rotatable bonds is 5. The van der Waals surface area contributed by atoms with E-state index in [4.69, 9.17) is 0 Å². The maximum atomic E-state index is 3.06. The second-order valence-electron chi connectivity index (χ2n) is 18.2. The summed E-state index contributed by atoms with van der Waals surface area (Å²) in [6.07, 6.45) is 15.6. The van der Waals surface area contributed by atoms with Crippen LogP contribution in [0.5, 0.6) is 0 Å². The third-order valence-electron chi connectivity index (χ3n) is 13.7. The Morgan fingerprint density at radius 2 is 1.12 bits per heavy atom. The van der Waals surface area contributed by atoms with Gasteiger partial charge in [0.05, 0.1) is 0 Å². The standard InChI is InChI=1S/C27H29.C24H27.2CH3.2ClH.Si.Zr/c1-2-18-13-23-4-3-5-25(26(23)14-18)22-6-8-24(9-7-22)27-15-19-10-20(16-27)12-21(11-19)17-27;1-24(2,3)21-13-11-18(12-14-21)22-10-6-9-19-15-20(16-23(19)22)17-7-4-5-8-17;;;;;;/h3-9,13-14,19-21H,2,10-12,15-17H2,1H3;6,9-17H,4-5,7-8H2,1-3H3;2*1H3;2*1H;;/q4*-1;;;;. The van der Waals surface area contributed by atoms with Crippen molar-refractivity contribution in [3.05, 3.63) is 146 Å². The van der Waals surface area contributed by atoms with Gasteiger partial charge in [0.25, 0.3) is 0 Å². The molecule has 5 fully saturated rings. The van der Waals surface area contributed by atoms with Crippen LogP contribution in [0, 0.1) is 32.6 Å². The molecule has 5 saturated carbocycles. The SMILES string of the molecule is CC(C)(C)c1ccc(-c2cccc3[cH-]c(C4CCCC4)cc23)cc1.CCc1cc2c(-c3ccc(C45CC6CC(CC(C6)C4)C5)cc3)cccc2[cH-]1.Cl.Cl.[CH3-].[CH3-].[Si]=[Zr]. The van der Waals surface area contributed by atoms with Crippen molar-refractivity contribution in [1.82, 2.24) is 0 Å². The molecule has 0 aromatic heterocycles. The van der Waals surface area contributed by atoms with Crippen LogP contribution in [0.3, 0.4) is 0 Å². The van der Waals surface area contributed by atoms with Crippen LogP contribution in [-0.4, -0.2) is 6.88 Å². The fourth-order valence-electron chi connectivity index (χ4n) is 11.4. The van der Waals surface area contributed by atoms with Gasteiger partial charge in [-0.25, -0.2) is 0 Å². The molecule has 4 heteroatoms. The van der Waals surface area contributed by atoms with E-state index in [1.54, 1.807) is 11.1 Å². The van der Waals surface area contributed by atoms with Gasteiger partial charge in [0, 0.05) is 0 Å². The Balaban J connectivity index is 0.000000228. The molecular formula is C53H64Cl2SiZr-4. The molecule has 0 N–H and O–H groups in total. The third-order valence-corrected chi connectivity index (χ3v) is 13.7. The first-order valence-corrected chi connectivity index (χ1v) is 24.8. The summed E-state index contributed by atoms with van der Waals surface area (Å²) in [7, 11) is 0. The first kappa shape index (κ1) is 47.5. The van der Waals surface area contributed by atoms with Gasteiger partial charge in [0.1, 0.15) is 0 Å². The monoisotopic (exact) mass is 888 g/mol. The molecule has 5 aliphatic rings. The molecule has 5 aliphatic carbocycles. The van der Waals surface area contributed by atoms with Gasteiger partial charge in [-0.05, 0) is 115 Å². The first-order chi connectivity index (χ1) is 25.7. The summed E-state index contributed by atoms with van der Waals surface area (Å²) in [5.74, 6) is 3.83. The van der Waals surface area contributed by atoms with Gasteiger partial charge in [-0.3, -0.25) is 0 Å². The zero-order chi connectivity index (χ0) is 36.7. The molecule has 0 amide bonds. The van der Waals surface area contributed by atoms with E-state index >= 15 is 0 Å². The fourth-order valence-corrected chi connectivity index (χ4v) is 11.4. The van der Waals surface area contributed by atoms with E-state index in [9.17, 15) is 0 Å². The van der Waals surface area contributed by atoms with Gasteiger partial charge in [-0.1, -0.05) is 112 Å². The van der Waals surface area contributed by atoms with Crippen molar-refractivity contribution in [2.45, 2.75) is 115 Å². The Bertz CT molecular complexity index is 2140. The van der Waals surface area contributed by atoms with E-state index in [1.165, 1.54) is 142 Å². The zero-order valence-electron chi connectivity index (χ0n) is 35.3. The number of hydrogen-bond donors (Lipinski definition) is 0. The van der Waals surface area contributed by atoms with E-state index in [1.807, 2.05) is 0 Å². The summed E-state index contributed by atoms with van der Waals surface area (Å²) in [4.78, 5) is 0. The van der Waals surface area contributed by atoms with E-state index < -0.39 is 0 Å². The van der Waals surface area contributed by atoms with Crippen molar-refractivity contribution in [3.63, 3.8) is 0 Å². The Hall–Kier alpha value is -2.22. The molecular weight excluding hydrogens is 827 g/mol. The molecule has 0 nitrogen and oxygen atoms in total. The average Bonchev–Trinajstić information content (AvgIpc) is 3.95. The maximum absolute atomic E-state index is 3.06.